The minimum Gasteiger partial charge on any atom is -0.476 e. The predicted octanol–water partition coefficient (Wildman–Crippen LogP) is 3.10. The monoisotopic (exact) mass is 307 g/mol. The quantitative estimate of drug-likeness (QED) is 0.469. The Morgan fingerprint density at radius 2 is 2.30 bits per heavy atom. The van der Waals surface area contributed by atoms with Crippen LogP contribution in [0.2, 0.25) is 0 Å². The van der Waals surface area contributed by atoms with Crippen LogP contribution in [-0.2, 0) is 0 Å². The van der Waals surface area contributed by atoms with Crippen LogP contribution < -0.4 is 0 Å². The van der Waals surface area contributed by atoms with E-state index in [0.717, 1.165) is 17.5 Å². The number of nitrogens with zero attached hydrogens (tertiary/aromatic N) is 3. The van der Waals surface area contributed by atoms with E-state index < -0.39 is 5.97 Å². The summed E-state index contributed by atoms with van der Waals surface area (Å²) in [6.07, 6.45) is 1.98. The van der Waals surface area contributed by atoms with Gasteiger partial charge in [0.25, 0.3) is 0 Å². The molecule has 1 N–H and O–H groups in total. The van der Waals surface area contributed by atoms with Crippen LogP contribution in [0.15, 0.2) is 17.2 Å². The first-order valence-corrected chi connectivity index (χ1v) is 7.87. The molecule has 0 spiro atoms. The van der Waals surface area contributed by atoms with Crippen LogP contribution >= 0.6 is 23.5 Å². The predicted molar refractivity (Wildman–Crippen MR) is 78.6 cm³/mol. The van der Waals surface area contributed by atoms with Crippen LogP contribution in [0.4, 0.5) is 0 Å². The van der Waals surface area contributed by atoms with Gasteiger partial charge in [-0.2, -0.15) is 10.5 Å². The van der Waals surface area contributed by atoms with E-state index in [4.69, 9.17) is 10.4 Å². The Balaban J connectivity index is 3.00. The van der Waals surface area contributed by atoms with Gasteiger partial charge in [0.05, 0.1) is 12.0 Å². The molecule has 1 rings (SSSR count). The van der Waals surface area contributed by atoms with Gasteiger partial charge < -0.3 is 5.11 Å². The minimum atomic E-state index is -1.07. The van der Waals surface area contributed by atoms with Gasteiger partial charge in [-0.3, -0.25) is 0 Å². The van der Waals surface area contributed by atoms with E-state index in [1.54, 1.807) is 6.07 Å². The van der Waals surface area contributed by atoms with Crippen LogP contribution in [-0.4, -0.2) is 27.6 Å². The van der Waals surface area contributed by atoms with Gasteiger partial charge in [0.15, 0.2) is 5.69 Å². The van der Waals surface area contributed by atoms with Crippen molar-refractivity contribution in [2.75, 3.05) is 11.5 Å². The third kappa shape index (κ3) is 4.44. The summed E-state index contributed by atoms with van der Waals surface area (Å²) in [5.41, 5.74) is 0.718. The zero-order valence-corrected chi connectivity index (χ0v) is 12.5. The fourth-order valence-electron chi connectivity index (χ4n) is 1.60. The van der Waals surface area contributed by atoms with Crippen LogP contribution in [0.25, 0.3) is 0 Å². The van der Waals surface area contributed by atoms with Crippen molar-refractivity contribution in [3.8, 4) is 11.5 Å². The Labute approximate surface area is 126 Å². The van der Waals surface area contributed by atoms with Crippen molar-refractivity contribution < 1.29 is 9.90 Å². The first-order valence-electron chi connectivity index (χ1n) is 5.90. The van der Waals surface area contributed by atoms with Crippen molar-refractivity contribution in [1.82, 2.24) is 4.98 Å². The summed E-state index contributed by atoms with van der Waals surface area (Å²) in [4.78, 5) is 15.6. The molecule has 7 heteroatoms. The number of rotatable bonds is 7. The van der Waals surface area contributed by atoms with Crippen molar-refractivity contribution in [2.45, 2.75) is 24.2 Å². The van der Waals surface area contributed by atoms with Crippen LogP contribution in [0.5, 0.6) is 0 Å². The normalized spacial score (nSPS) is 11.3. The Bertz CT molecular complexity index is 564. The average Bonchev–Trinajstić information content (AvgIpc) is 2.44. The largest absolute Gasteiger partial charge is 0.476 e. The lowest BCUT2D eigenvalue weighted by Crippen LogP contribution is -2.06. The van der Waals surface area contributed by atoms with Crippen molar-refractivity contribution in [3.63, 3.8) is 0 Å². The molecule has 1 aromatic rings. The molecule has 1 aromatic heterocycles. The van der Waals surface area contributed by atoms with E-state index in [-0.39, 0.29) is 11.6 Å². The molecule has 1 heterocycles. The second-order valence-corrected chi connectivity index (χ2v) is 5.95. The number of aromatic carboxylic acids is 1. The molecule has 0 aliphatic rings. The number of carboxylic acids is 1. The minimum absolute atomic E-state index is 0.0173. The van der Waals surface area contributed by atoms with E-state index in [9.17, 15) is 10.1 Å². The Hall–Kier alpha value is -1.70. The maximum Gasteiger partial charge on any atom is 0.355 e. The van der Waals surface area contributed by atoms with E-state index in [1.807, 2.05) is 12.3 Å². The maximum absolute atomic E-state index is 11.1. The standard InChI is InChI=1S/C13H13N3O2S2/c1-2-20-11-5-10(7-16-12(11)13(17)18)9(6-14)3-4-19-8-15/h5,7,9H,2-4H2,1H3,(H,17,18). The van der Waals surface area contributed by atoms with Crippen LogP contribution in [0.1, 0.15) is 35.3 Å². The Kier molecular flexibility index (Phi) is 6.92. The van der Waals surface area contributed by atoms with Gasteiger partial charge in [-0.05, 0) is 35.6 Å². The third-order valence-corrected chi connectivity index (χ3v) is 3.99. The topological polar surface area (TPSA) is 97.8 Å². The molecule has 5 nitrogen and oxygen atoms in total. The second kappa shape index (κ2) is 8.47. The van der Waals surface area contributed by atoms with Crippen molar-refractivity contribution >= 4 is 29.5 Å². The fourth-order valence-corrected chi connectivity index (χ4v) is 2.86. The molecule has 1 unspecified atom stereocenters. The first-order chi connectivity index (χ1) is 9.63. The van der Waals surface area contributed by atoms with E-state index in [2.05, 4.69) is 11.1 Å². The summed E-state index contributed by atoms with van der Waals surface area (Å²) in [5.74, 6) is -0.151. The van der Waals surface area contributed by atoms with Crippen LogP contribution in [0.3, 0.4) is 0 Å². The summed E-state index contributed by atoms with van der Waals surface area (Å²) in [6, 6.07) is 3.89. The molecule has 0 amide bonds. The third-order valence-electron chi connectivity index (χ3n) is 2.51. The summed E-state index contributed by atoms with van der Waals surface area (Å²) in [6.45, 7) is 1.92. The number of thiocyanates is 1. The lowest BCUT2D eigenvalue weighted by atomic mass is 10.00. The molecular weight excluding hydrogens is 294 g/mol. The molecule has 0 radical (unpaired) electrons. The second-order valence-electron chi connectivity index (χ2n) is 3.76. The molecule has 0 bridgehead atoms. The van der Waals surface area contributed by atoms with Gasteiger partial charge in [-0.15, -0.1) is 11.8 Å². The number of aromatic nitrogens is 1. The number of hydrogen-bond acceptors (Lipinski definition) is 6. The average molecular weight is 307 g/mol. The number of hydrogen-bond donors (Lipinski definition) is 1. The highest BCUT2D eigenvalue weighted by Crippen LogP contribution is 2.27. The lowest BCUT2D eigenvalue weighted by Gasteiger charge is -2.11. The lowest BCUT2D eigenvalue weighted by molar-refractivity contribution is 0.0686. The highest BCUT2D eigenvalue weighted by molar-refractivity contribution is 8.03. The smallest absolute Gasteiger partial charge is 0.355 e. The Morgan fingerprint density at radius 3 is 2.85 bits per heavy atom. The molecule has 0 saturated heterocycles. The molecule has 104 valence electrons. The van der Waals surface area contributed by atoms with Crippen molar-refractivity contribution in [1.29, 1.82) is 10.5 Å². The molecule has 0 fully saturated rings. The number of carbonyl (C=O) groups is 1. The maximum atomic E-state index is 11.1. The number of pyridine rings is 1. The summed E-state index contributed by atoms with van der Waals surface area (Å²) >= 11 is 2.49. The van der Waals surface area contributed by atoms with Gasteiger partial charge >= 0.3 is 5.97 Å². The van der Waals surface area contributed by atoms with Gasteiger partial charge in [0.2, 0.25) is 0 Å². The summed E-state index contributed by atoms with van der Waals surface area (Å²) < 4.78 is 0. The molecule has 0 saturated carbocycles. The molecule has 0 aliphatic carbocycles. The van der Waals surface area contributed by atoms with E-state index in [1.165, 1.54) is 18.0 Å². The highest BCUT2D eigenvalue weighted by Gasteiger charge is 2.17. The number of nitriles is 2. The van der Waals surface area contributed by atoms with Crippen molar-refractivity contribution in [2.24, 2.45) is 0 Å². The van der Waals surface area contributed by atoms with Gasteiger partial charge in [0.1, 0.15) is 5.40 Å². The summed E-state index contributed by atoms with van der Waals surface area (Å²) in [7, 11) is 0. The molecular formula is C13H13N3O2S2. The van der Waals surface area contributed by atoms with E-state index >= 15 is 0 Å². The van der Waals surface area contributed by atoms with E-state index in [0.29, 0.717) is 22.6 Å². The first kappa shape index (κ1) is 16.4. The molecule has 0 aromatic carbocycles. The van der Waals surface area contributed by atoms with Gasteiger partial charge in [-0.25, -0.2) is 9.78 Å². The zero-order chi connectivity index (χ0) is 15.0. The number of carboxylic acid groups (broad SMARTS) is 1. The van der Waals surface area contributed by atoms with Gasteiger partial charge in [0, 0.05) is 16.8 Å². The SMILES string of the molecule is CCSc1cc(C(C#N)CCSC#N)cnc1C(=O)O. The number of thioether (sulfide) groups is 2. The molecule has 20 heavy (non-hydrogen) atoms. The molecule has 1 atom stereocenters. The Morgan fingerprint density at radius 1 is 1.55 bits per heavy atom. The fraction of sp³-hybridized carbons (Fsp3) is 0.385. The van der Waals surface area contributed by atoms with Gasteiger partial charge in [-0.1, -0.05) is 6.92 Å². The molecule has 0 aliphatic heterocycles. The summed E-state index contributed by atoms with van der Waals surface area (Å²) in [5, 5.41) is 28.7. The van der Waals surface area contributed by atoms with Crippen LogP contribution in [0, 0.1) is 22.0 Å². The van der Waals surface area contributed by atoms with Crippen molar-refractivity contribution in [3.05, 3.63) is 23.5 Å². The highest BCUT2D eigenvalue weighted by atomic mass is 32.2. The zero-order valence-electron chi connectivity index (χ0n) is 10.9.